The summed E-state index contributed by atoms with van der Waals surface area (Å²) in [6.07, 6.45) is 4.01. The predicted octanol–water partition coefficient (Wildman–Crippen LogP) is 3.48. The zero-order valence-corrected chi connectivity index (χ0v) is 14.9. The second-order valence-corrected chi connectivity index (χ2v) is 8.52. The van der Waals surface area contributed by atoms with E-state index >= 15 is 0 Å². The Labute approximate surface area is 153 Å². The van der Waals surface area contributed by atoms with Gasteiger partial charge in [-0.1, -0.05) is 60.7 Å². The Kier molecular flexibility index (Phi) is 4.23. The third-order valence-electron chi connectivity index (χ3n) is 5.00. The molecule has 1 heterocycles. The normalized spacial score (nSPS) is 22.9. The zero-order chi connectivity index (χ0) is 18.1. The highest BCUT2D eigenvalue weighted by molar-refractivity contribution is 7.89. The van der Waals surface area contributed by atoms with Gasteiger partial charge in [0.05, 0.1) is 11.0 Å². The fourth-order valence-electron chi connectivity index (χ4n) is 3.65. The summed E-state index contributed by atoms with van der Waals surface area (Å²) in [7, 11) is -3.52. The molecule has 0 bridgehead atoms. The van der Waals surface area contributed by atoms with Crippen molar-refractivity contribution in [2.45, 2.75) is 10.8 Å². The fourth-order valence-corrected chi connectivity index (χ4v) is 5.13. The maximum absolute atomic E-state index is 12.9. The number of benzene rings is 2. The van der Waals surface area contributed by atoms with E-state index < -0.39 is 10.0 Å². The molecule has 2 aromatic rings. The van der Waals surface area contributed by atoms with Crippen LogP contribution in [0.3, 0.4) is 0 Å². The van der Waals surface area contributed by atoms with Crippen LogP contribution in [0, 0.1) is 17.2 Å². The number of nitrogens with zero attached hydrogens (tertiary/aromatic N) is 2. The van der Waals surface area contributed by atoms with Crippen LogP contribution < -0.4 is 0 Å². The minimum atomic E-state index is -3.52. The lowest BCUT2D eigenvalue weighted by atomic mass is 9.81. The first-order chi connectivity index (χ1) is 12.6. The molecule has 26 heavy (non-hydrogen) atoms. The minimum Gasteiger partial charge on any atom is -0.207 e. The molecule has 4 nitrogen and oxygen atoms in total. The highest BCUT2D eigenvalue weighted by Gasteiger charge is 2.37. The third-order valence-corrected chi connectivity index (χ3v) is 6.83. The number of sulfonamides is 1. The van der Waals surface area contributed by atoms with E-state index in [1.54, 1.807) is 30.3 Å². The number of rotatable bonds is 3. The van der Waals surface area contributed by atoms with Crippen LogP contribution in [0.25, 0.3) is 0 Å². The van der Waals surface area contributed by atoms with Crippen molar-refractivity contribution in [2.75, 3.05) is 13.1 Å². The predicted molar refractivity (Wildman–Crippen MR) is 99.7 cm³/mol. The van der Waals surface area contributed by atoms with Crippen LogP contribution in [0.4, 0.5) is 0 Å². The van der Waals surface area contributed by atoms with Gasteiger partial charge in [0.15, 0.2) is 0 Å². The lowest BCUT2D eigenvalue weighted by molar-refractivity contribution is 0.471. The first kappa shape index (κ1) is 16.8. The Morgan fingerprint density at radius 1 is 0.962 bits per heavy atom. The van der Waals surface area contributed by atoms with Gasteiger partial charge >= 0.3 is 0 Å². The molecule has 2 atom stereocenters. The average Bonchev–Trinajstić information content (AvgIpc) is 3.12. The topological polar surface area (TPSA) is 61.2 Å². The van der Waals surface area contributed by atoms with E-state index in [-0.39, 0.29) is 11.8 Å². The lowest BCUT2D eigenvalue weighted by Gasteiger charge is -2.21. The molecule has 2 aliphatic rings. The quantitative estimate of drug-likeness (QED) is 0.786. The number of hydrogen-bond acceptors (Lipinski definition) is 3. The van der Waals surface area contributed by atoms with E-state index in [4.69, 9.17) is 0 Å². The monoisotopic (exact) mass is 362 g/mol. The number of hydrogen-bond donors (Lipinski definition) is 0. The highest BCUT2D eigenvalue weighted by Crippen LogP contribution is 2.39. The average molecular weight is 362 g/mol. The maximum Gasteiger partial charge on any atom is 0.243 e. The second kappa shape index (κ2) is 6.56. The summed E-state index contributed by atoms with van der Waals surface area (Å²) in [5.74, 6) is -0.130. The third kappa shape index (κ3) is 2.88. The molecule has 4 rings (SSSR count). The summed E-state index contributed by atoms with van der Waals surface area (Å²) in [5, 5.41) is 9.57. The van der Waals surface area contributed by atoms with Crippen molar-refractivity contribution in [1.29, 1.82) is 5.26 Å². The molecule has 1 aliphatic carbocycles. The van der Waals surface area contributed by atoms with Crippen molar-refractivity contribution in [3.63, 3.8) is 0 Å². The van der Waals surface area contributed by atoms with Crippen LogP contribution in [0.15, 0.2) is 88.9 Å². The lowest BCUT2D eigenvalue weighted by Crippen LogP contribution is -2.28. The molecule has 1 fully saturated rings. The number of nitriles is 1. The van der Waals surface area contributed by atoms with Gasteiger partial charge in [0.1, 0.15) is 0 Å². The molecule has 0 saturated carbocycles. The molecule has 1 aliphatic heterocycles. The largest absolute Gasteiger partial charge is 0.243 e. The highest BCUT2D eigenvalue weighted by atomic mass is 32.2. The second-order valence-electron chi connectivity index (χ2n) is 6.58. The van der Waals surface area contributed by atoms with Crippen molar-refractivity contribution < 1.29 is 8.42 Å². The molecule has 0 radical (unpaired) electrons. The van der Waals surface area contributed by atoms with E-state index in [2.05, 4.69) is 12.1 Å². The standard InChI is InChI=1S/C21H18N2O2S/c22-13-17-11-18-14-23(26(24,25)20-9-5-2-6-10-20)15-19(18)12-21(17)16-7-3-1-4-8-16/h1-12,18,21H,14-15H2/t18-,21-/m1/s1. The van der Waals surface area contributed by atoms with Crippen LogP contribution in [-0.2, 0) is 10.0 Å². The summed E-state index contributed by atoms with van der Waals surface area (Å²) in [6, 6.07) is 20.7. The van der Waals surface area contributed by atoms with Crippen molar-refractivity contribution in [1.82, 2.24) is 4.31 Å². The number of fused-ring (bicyclic) bond motifs is 1. The molecule has 1 saturated heterocycles. The Morgan fingerprint density at radius 2 is 1.62 bits per heavy atom. The van der Waals surface area contributed by atoms with E-state index in [0.717, 1.165) is 11.1 Å². The summed E-state index contributed by atoms with van der Waals surface area (Å²) in [5.41, 5.74) is 2.80. The first-order valence-electron chi connectivity index (χ1n) is 8.52. The van der Waals surface area contributed by atoms with Gasteiger partial charge in [0.2, 0.25) is 10.0 Å². The fraction of sp³-hybridized carbons (Fsp3) is 0.190. The summed E-state index contributed by atoms with van der Waals surface area (Å²) in [4.78, 5) is 0.309. The van der Waals surface area contributed by atoms with Crippen LogP contribution >= 0.6 is 0 Å². The van der Waals surface area contributed by atoms with Gasteiger partial charge in [-0.2, -0.15) is 9.57 Å². The SMILES string of the molecule is N#CC1=C[C@@H]2CN(S(=O)(=O)c3ccccc3)CC2=C[C@@H]1c1ccccc1. The molecule has 0 unspecified atom stereocenters. The number of allylic oxidation sites excluding steroid dienone is 2. The molecule has 0 aromatic heterocycles. The van der Waals surface area contributed by atoms with Crippen LogP contribution in [0.5, 0.6) is 0 Å². The van der Waals surface area contributed by atoms with Gasteiger partial charge in [-0.05, 0) is 23.3 Å². The van der Waals surface area contributed by atoms with Crippen molar-refractivity contribution in [3.8, 4) is 6.07 Å². The molecule has 0 N–H and O–H groups in total. The van der Waals surface area contributed by atoms with Gasteiger partial charge in [-0.25, -0.2) is 8.42 Å². The van der Waals surface area contributed by atoms with Crippen LogP contribution in [0.2, 0.25) is 0 Å². The summed E-state index contributed by atoms with van der Waals surface area (Å²) >= 11 is 0. The van der Waals surface area contributed by atoms with Gasteiger partial charge in [0.25, 0.3) is 0 Å². The van der Waals surface area contributed by atoms with Gasteiger partial charge in [0, 0.05) is 30.5 Å². The van der Waals surface area contributed by atoms with E-state index in [1.165, 1.54) is 4.31 Å². The molecular weight excluding hydrogens is 344 g/mol. The zero-order valence-electron chi connectivity index (χ0n) is 14.1. The van der Waals surface area contributed by atoms with E-state index in [1.807, 2.05) is 36.4 Å². The molecule has 5 heteroatoms. The molecule has 0 spiro atoms. The van der Waals surface area contributed by atoms with Crippen molar-refractivity contribution in [3.05, 3.63) is 89.5 Å². The van der Waals surface area contributed by atoms with Crippen molar-refractivity contribution >= 4 is 10.0 Å². The molecule has 2 aromatic carbocycles. The summed E-state index contributed by atoms with van der Waals surface area (Å²) < 4.78 is 27.3. The Morgan fingerprint density at radius 3 is 2.27 bits per heavy atom. The molecule has 0 amide bonds. The Bertz CT molecular complexity index is 1020. The Balaban J connectivity index is 1.67. The molecular formula is C21H18N2O2S. The Hall–Kier alpha value is -2.68. The first-order valence-corrected chi connectivity index (χ1v) is 9.96. The van der Waals surface area contributed by atoms with Crippen LogP contribution in [0.1, 0.15) is 11.5 Å². The van der Waals surface area contributed by atoms with E-state index in [9.17, 15) is 13.7 Å². The smallest absolute Gasteiger partial charge is 0.207 e. The summed E-state index contributed by atoms with van der Waals surface area (Å²) in [6.45, 7) is 0.760. The molecule has 130 valence electrons. The van der Waals surface area contributed by atoms with Gasteiger partial charge in [-0.15, -0.1) is 0 Å². The van der Waals surface area contributed by atoms with Crippen LogP contribution in [-0.4, -0.2) is 25.8 Å². The minimum absolute atomic E-state index is 0.0249. The van der Waals surface area contributed by atoms with Gasteiger partial charge < -0.3 is 0 Å². The maximum atomic E-state index is 12.9. The van der Waals surface area contributed by atoms with Gasteiger partial charge in [-0.3, -0.25) is 0 Å². The van der Waals surface area contributed by atoms with E-state index in [0.29, 0.717) is 23.6 Å². The van der Waals surface area contributed by atoms with Crippen molar-refractivity contribution in [2.24, 2.45) is 5.92 Å².